The van der Waals surface area contributed by atoms with Gasteiger partial charge in [0.1, 0.15) is 11.8 Å². The fourth-order valence-electron chi connectivity index (χ4n) is 5.96. The van der Waals surface area contributed by atoms with Crippen LogP contribution in [0.15, 0.2) is 47.4 Å². The first kappa shape index (κ1) is 39.5. The van der Waals surface area contributed by atoms with Crippen molar-refractivity contribution in [2.75, 3.05) is 79.0 Å². The van der Waals surface area contributed by atoms with Gasteiger partial charge in [-0.1, -0.05) is 23.8 Å². The summed E-state index contributed by atoms with van der Waals surface area (Å²) < 4.78 is 49.1. The Hall–Kier alpha value is -4.75. The van der Waals surface area contributed by atoms with Crippen molar-refractivity contribution >= 4 is 45.5 Å². The SMILES string of the molecule is Cc1ccc(S(=O)(=O)N2CCN(C(=O)CCOCCOCCOCCNC(=O)COc3cccc4c3C(=O)N(C3CCC(=O)NC3=O)C4=O)CC2)cc1. The molecule has 0 spiro atoms. The number of hydrogen-bond acceptors (Lipinski definition) is 12. The first-order valence-corrected chi connectivity index (χ1v) is 18.7. The number of piperazine rings is 1. The second kappa shape index (κ2) is 18.3. The van der Waals surface area contributed by atoms with E-state index in [0.29, 0.717) is 19.7 Å². The zero-order valence-corrected chi connectivity index (χ0v) is 30.2. The van der Waals surface area contributed by atoms with E-state index in [4.69, 9.17) is 18.9 Å². The van der Waals surface area contributed by atoms with Gasteiger partial charge in [-0.3, -0.25) is 39.0 Å². The highest BCUT2D eigenvalue weighted by atomic mass is 32.2. The van der Waals surface area contributed by atoms with Crippen molar-refractivity contribution < 1.29 is 56.1 Å². The number of carbonyl (C=O) groups excluding carboxylic acids is 6. The molecule has 3 heterocycles. The van der Waals surface area contributed by atoms with Crippen molar-refractivity contribution in [1.82, 2.24) is 24.7 Å². The van der Waals surface area contributed by atoms with Crippen molar-refractivity contribution in [3.05, 3.63) is 59.2 Å². The summed E-state index contributed by atoms with van der Waals surface area (Å²) in [6.07, 6.45) is 0.204. The van der Waals surface area contributed by atoms with Crippen LogP contribution >= 0.6 is 0 Å². The van der Waals surface area contributed by atoms with Gasteiger partial charge in [0.15, 0.2) is 6.61 Å². The van der Waals surface area contributed by atoms with E-state index < -0.39 is 52.2 Å². The van der Waals surface area contributed by atoms with Crippen LogP contribution in [0.25, 0.3) is 0 Å². The van der Waals surface area contributed by atoms with Crippen LogP contribution in [-0.2, 0) is 43.4 Å². The molecule has 0 radical (unpaired) electrons. The maximum absolute atomic E-state index is 13.1. The lowest BCUT2D eigenvalue weighted by Crippen LogP contribution is -2.54. The van der Waals surface area contributed by atoms with Crippen molar-refractivity contribution in [3.63, 3.8) is 0 Å². The second-order valence-corrected chi connectivity index (χ2v) is 14.4. The smallest absolute Gasteiger partial charge is 0.266 e. The van der Waals surface area contributed by atoms with Gasteiger partial charge in [0.25, 0.3) is 17.7 Å². The molecule has 1 unspecified atom stereocenters. The summed E-state index contributed by atoms with van der Waals surface area (Å²) in [5, 5.41) is 4.77. The summed E-state index contributed by atoms with van der Waals surface area (Å²) in [7, 11) is -3.60. The zero-order valence-electron chi connectivity index (χ0n) is 29.4. The molecule has 3 aliphatic heterocycles. The molecule has 0 saturated carbocycles. The van der Waals surface area contributed by atoms with E-state index in [-0.39, 0.29) is 99.6 Å². The van der Waals surface area contributed by atoms with Crippen molar-refractivity contribution in [1.29, 1.82) is 0 Å². The molecular formula is C35H43N5O12S. The van der Waals surface area contributed by atoms with E-state index in [0.717, 1.165) is 10.5 Å². The highest BCUT2D eigenvalue weighted by Gasteiger charge is 2.46. The standard InChI is InChI=1S/C35H43N5O12S/c1-24-5-7-25(8-6-24)53(47,48)39-15-13-38(14-16-39)31(43)11-17-49-19-21-51-22-20-50-18-12-36-30(42)23-52-28-4-2-3-26-32(28)35(46)40(34(26)45)27-9-10-29(41)37-33(27)44/h2-8,27H,9-23H2,1H3,(H,36,42)(H,37,41,44). The molecule has 17 nitrogen and oxygen atoms in total. The lowest BCUT2D eigenvalue weighted by Gasteiger charge is -2.34. The molecule has 53 heavy (non-hydrogen) atoms. The zero-order chi connectivity index (χ0) is 38.0. The predicted octanol–water partition coefficient (Wildman–Crippen LogP) is -0.136. The number of nitrogens with zero attached hydrogens (tertiary/aromatic N) is 3. The Balaban J connectivity index is 0.873. The number of piperidine rings is 1. The van der Waals surface area contributed by atoms with Gasteiger partial charge in [-0.15, -0.1) is 0 Å². The third kappa shape index (κ3) is 10.0. The minimum absolute atomic E-state index is 0.0000992. The molecule has 3 aliphatic rings. The summed E-state index contributed by atoms with van der Waals surface area (Å²) >= 11 is 0. The van der Waals surface area contributed by atoms with E-state index in [1.807, 2.05) is 6.92 Å². The Morgan fingerprint density at radius 1 is 0.849 bits per heavy atom. The second-order valence-electron chi connectivity index (χ2n) is 12.4. The summed E-state index contributed by atoms with van der Waals surface area (Å²) in [4.78, 5) is 77.5. The summed E-state index contributed by atoms with van der Waals surface area (Å²) in [6.45, 7) is 4.31. The maximum Gasteiger partial charge on any atom is 0.266 e. The molecule has 2 saturated heterocycles. The Morgan fingerprint density at radius 2 is 1.51 bits per heavy atom. The summed E-state index contributed by atoms with van der Waals surface area (Å²) in [6, 6.07) is 9.99. The first-order chi connectivity index (χ1) is 25.5. The number of benzene rings is 2. The number of carbonyl (C=O) groups is 6. The monoisotopic (exact) mass is 757 g/mol. The molecule has 0 aromatic heterocycles. The van der Waals surface area contributed by atoms with Crippen LogP contribution in [0.2, 0.25) is 0 Å². The molecule has 2 fully saturated rings. The largest absolute Gasteiger partial charge is 0.483 e. The van der Waals surface area contributed by atoms with Crippen LogP contribution in [0.4, 0.5) is 0 Å². The molecule has 2 N–H and O–H groups in total. The van der Waals surface area contributed by atoms with Crippen LogP contribution in [0, 0.1) is 6.92 Å². The topological polar surface area (TPSA) is 207 Å². The van der Waals surface area contributed by atoms with E-state index in [2.05, 4.69) is 10.6 Å². The van der Waals surface area contributed by atoms with Gasteiger partial charge in [0, 0.05) is 39.1 Å². The fourth-order valence-corrected chi connectivity index (χ4v) is 7.38. The molecular weight excluding hydrogens is 714 g/mol. The molecule has 6 amide bonds. The Bertz CT molecular complexity index is 1790. The number of nitrogens with one attached hydrogen (secondary N) is 2. The number of amides is 6. The minimum Gasteiger partial charge on any atom is -0.483 e. The molecule has 0 aliphatic carbocycles. The maximum atomic E-state index is 13.1. The molecule has 2 aromatic carbocycles. The number of fused-ring (bicyclic) bond motifs is 1. The highest BCUT2D eigenvalue weighted by Crippen LogP contribution is 2.33. The number of imide groups is 2. The molecule has 0 bridgehead atoms. The van der Waals surface area contributed by atoms with Gasteiger partial charge in [0.2, 0.25) is 27.7 Å². The van der Waals surface area contributed by atoms with Gasteiger partial charge in [0.05, 0.1) is 62.1 Å². The molecule has 1 atom stereocenters. The third-order valence-corrected chi connectivity index (χ3v) is 10.7. The van der Waals surface area contributed by atoms with E-state index in [1.165, 1.54) is 22.5 Å². The molecule has 18 heteroatoms. The summed E-state index contributed by atoms with van der Waals surface area (Å²) in [5.41, 5.74) is 0.981. The lowest BCUT2D eigenvalue weighted by atomic mass is 10.0. The van der Waals surface area contributed by atoms with Crippen LogP contribution in [-0.4, -0.2) is 143 Å². The van der Waals surface area contributed by atoms with Crippen LogP contribution in [0.1, 0.15) is 45.5 Å². The highest BCUT2D eigenvalue weighted by molar-refractivity contribution is 7.89. The molecule has 5 rings (SSSR count). The minimum atomic E-state index is -3.60. The van der Waals surface area contributed by atoms with E-state index in [9.17, 15) is 37.2 Å². The van der Waals surface area contributed by atoms with Gasteiger partial charge < -0.3 is 29.2 Å². The van der Waals surface area contributed by atoms with Gasteiger partial charge in [-0.05, 0) is 37.6 Å². The predicted molar refractivity (Wildman–Crippen MR) is 185 cm³/mol. The lowest BCUT2D eigenvalue weighted by molar-refractivity contribution is -0.136. The van der Waals surface area contributed by atoms with E-state index in [1.54, 1.807) is 29.2 Å². The normalized spacial score (nSPS) is 17.9. The third-order valence-electron chi connectivity index (χ3n) is 8.81. The number of rotatable bonds is 18. The Morgan fingerprint density at radius 3 is 2.19 bits per heavy atom. The fraction of sp³-hybridized carbons (Fsp3) is 0.486. The van der Waals surface area contributed by atoms with Crippen molar-refractivity contribution in [2.45, 2.75) is 37.1 Å². The van der Waals surface area contributed by atoms with Crippen LogP contribution < -0.4 is 15.4 Å². The number of ether oxygens (including phenoxy) is 4. The Kier molecular flexibility index (Phi) is 13.6. The Labute approximate surface area is 306 Å². The van der Waals surface area contributed by atoms with E-state index >= 15 is 0 Å². The molecule has 2 aromatic rings. The quantitative estimate of drug-likeness (QED) is 0.151. The average Bonchev–Trinajstić information content (AvgIpc) is 3.40. The van der Waals surface area contributed by atoms with Gasteiger partial charge in [-0.2, -0.15) is 4.31 Å². The van der Waals surface area contributed by atoms with Crippen molar-refractivity contribution in [2.24, 2.45) is 0 Å². The molecule has 286 valence electrons. The summed E-state index contributed by atoms with van der Waals surface area (Å²) in [5.74, 6) is -3.15. The van der Waals surface area contributed by atoms with Crippen molar-refractivity contribution in [3.8, 4) is 5.75 Å². The van der Waals surface area contributed by atoms with Gasteiger partial charge >= 0.3 is 0 Å². The van der Waals surface area contributed by atoms with Gasteiger partial charge in [-0.25, -0.2) is 8.42 Å². The van der Waals surface area contributed by atoms with Crippen LogP contribution in [0.5, 0.6) is 5.75 Å². The van der Waals surface area contributed by atoms with Crippen LogP contribution in [0.3, 0.4) is 0 Å². The first-order valence-electron chi connectivity index (χ1n) is 17.3. The average molecular weight is 758 g/mol. The number of aryl methyl sites for hydroxylation is 1. The number of sulfonamides is 1. The number of hydrogen-bond donors (Lipinski definition) is 2.